The van der Waals surface area contributed by atoms with Crippen LogP contribution in [-0.2, 0) is 4.79 Å². The number of aliphatic hydroxyl groups excluding tert-OH is 2. The van der Waals surface area contributed by atoms with Gasteiger partial charge in [-0.3, -0.25) is 4.79 Å². The minimum atomic E-state index is -0.224. The summed E-state index contributed by atoms with van der Waals surface area (Å²) in [5.74, 6) is 4.25. The maximum atomic E-state index is 13.2. The van der Waals surface area contributed by atoms with Crippen LogP contribution in [0.25, 0.3) is 0 Å². The molecule has 6 rings (SSSR count). The van der Waals surface area contributed by atoms with Gasteiger partial charge in [0.15, 0.2) is 0 Å². The summed E-state index contributed by atoms with van der Waals surface area (Å²) in [5.41, 5.74) is 0.542. The third-order valence-corrected chi connectivity index (χ3v) is 12.7. The quantitative estimate of drug-likeness (QED) is 0.573. The monoisotopic (exact) mass is 538 g/mol. The Labute approximate surface area is 234 Å². The Bertz CT molecular complexity index is 1020. The topological polar surface area (TPSA) is 89.8 Å². The molecule has 5 aliphatic rings. The summed E-state index contributed by atoms with van der Waals surface area (Å²) < 4.78 is 0. The van der Waals surface area contributed by atoms with Gasteiger partial charge in [-0.1, -0.05) is 20.8 Å². The van der Waals surface area contributed by atoms with Gasteiger partial charge in [-0.05, 0) is 110 Å². The number of piperazine rings is 1. The molecule has 4 aliphatic carbocycles. The highest BCUT2D eigenvalue weighted by molar-refractivity contribution is 5.76. The van der Waals surface area contributed by atoms with Crippen molar-refractivity contribution in [1.82, 2.24) is 14.9 Å². The molecule has 7 nitrogen and oxygen atoms in total. The van der Waals surface area contributed by atoms with Gasteiger partial charge < -0.3 is 20.0 Å². The smallest absolute Gasteiger partial charge is 0.225 e. The number of fused-ring (bicyclic) bond motifs is 5. The number of hydrogen-bond donors (Lipinski definition) is 2. The number of carbonyl (C=O) groups is 1. The Kier molecular flexibility index (Phi) is 7.45. The highest BCUT2D eigenvalue weighted by Gasteiger charge is 2.62. The molecule has 0 radical (unpaired) electrons. The lowest BCUT2D eigenvalue weighted by Crippen LogP contribution is -2.58. The van der Waals surface area contributed by atoms with Crippen LogP contribution in [-0.4, -0.2) is 69.4 Å². The van der Waals surface area contributed by atoms with Crippen molar-refractivity contribution in [2.45, 2.75) is 97.2 Å². The summed E-state index contributed by atoms with van der Waals surface area (Å²) in [4.78, 5) is 26.1. The highest BCUT2D eigenvalue weighted by atomic mass is 16.3. The van der Waals surface area contributed by atoms with Gasteiger partial charge in [0.2, 0.25) is 11.9 Å². The van der Waals surface area contributed by atoms with Crippen LogP contribution in [0.3, 0.4) is 0 Å². The predicted octanol–water partition coefficient (Wildman–Crippen LogP) is 4.53. The van der Waals surface area contributed by atoms with E-state index in [0.29, 0.717) is 47.8 Å². The van der Waals surface area contributed by atoms with Crippen LogP contribution in [0.2, 0.25) is 0 Å². The number of amides is 1. The van der Waals surface area contributed by atoms with E-state index in [9.17, 15) is 15.0 Å². The average Bonchev–Trinajstić information content (AvgIpc) is 3.30. The van der Waals surface area contributed by atoms with Crippen LogP contribution in [0.4, 0.5) is 5.95 Å². The molecule has 0 aromatic carbocycles. The first-order chi connectivity index (χ1) is 18.7. The molecule has 0 unspecified atom stereocenters. The Balaban J connectivity index is 1.05. The number of rotatable bonds is 5. The standard InChI is InChI=1S/C32H50N4O3/c1-21(5-8-28(39)35-15-17-36(18-16-35)30-33-13-4-14-34-30)24-6-7-25-29-26(10-12-32(24,25)3)31(2)11-9-23(37)19-22(31)20-27(29)38/h4,13-14,21-27,29,37-38H,5-12,15-20H2,1-3H3/t21-,22+,23-,24-,25+,26+,27-,29+,31+,32-/m1/s1. The summed E-state index contributed by atoms with van der Waals surface area (Å²) >= 11 is 0. The lowest BCUT2D eigenvalue weighted by molar-refractivity contribution is -0.174. The molecule has 0 spiro atoms. The summed E-state index contributed by atoms with van der Waals surface area (Å²) in [5, 5.41) is 21.8. The van der Waals surface area contributed by atoms with Crippen LogP contribution in [0, 0.1) is 46.3 Å². The van der Waals surface area contributed by atoms with Crippen molar-refractivity contribution >= 4 is 11.9 Å². The van der Waals surface area contributed by atoms with Gasteiger partial charge in [-0.2, -0.15) is 0 Å². The number of carbonyl (C=O) groups excluding carboxylic acids is 1. The van der Waals surface area contributed by atoms with E-state index in [4.69, 9.17) is 0 Å². The molecule has 1 amide bonds. The van der Waals surface area contributed by atoms with Gasteiger partial charge in [-0.15, -0.1) is 0 Å². The van der Waals surface area contributed by atoms with Crippen molar-refractivity contribution in [3.05, 3.63) is 18.5 Å². The van der Waals surface area contributed by atoms with Crippen molar-refractivity contribution in [2.75, 3.05) is 31.1 Å². The third kappa shape index (κ3) is 4.79. The molecule has 7 heteroatoms. The lowest BCUT2D eigenvalue weighted by Gasteiger charge is -2.62. The number of hydrogen-bond acceptors (Lipinski definition) is 6. The minimum Gasteiger partial charge on any atom is -0.393 e. The van der Waals surface area contributed by atoms with E-state index in [1.54, 1.807) is 12.4 Å². The van der Waals surface area contributed by atoms with Gasteiger partial charge >= 0.3 is 0 Å². The van der Waals surface area contributed by atoms with Crippen LogP contribution in [0.1, 0.15) is 85.0 Å². The van der Waals surface area contributed by atoms with Crippen molar-refractivity contribution in [3.8, 4) is 0 Å². The van der Waals surface area contributed by atoms with Crippen LogP contribution < -0.4 is 4.90 Å². The first-order valence-electron chi connectivity index (χ1n) is 15.9. The molecule has 5 fully saturated rings. The maximum Gasteiger partial charge on any atom is 0.225 e. The largest absolute Gasteiger partial charge is 0.393 e. The van der Waals surface area contributed by atoms with Gasteiger partial charge in [-0.25, -0.2) is 9.97 Å². The fraction of sp³-hybridized carbons (Fsp3) is 0.844. The molecular weight excluding hydrogens is 488 g/mol. The Morgan fingerprint density at radius 2 is 1.67 bits per heavy atom. The summed E-state index contributed by atoms with van der Waals surface area (Å²) in [6.45, 7) is 10.5. The predicted molar refractivity (Wildman–Crippen MR) is 152 cm³/mol. The second-order valence-electron chi connectivity index (χ2n) is 14.4. The Morgan fingerprint density at radius 3 is 2.41 bits per heavy atom. The van der Waals surface area contributed by atoms with E-state index in [1.807, 2.05) is 11.0 Å². The second-order valence-corrected chi connectivity index (χ2v) is 14.4. The zero-order chi connectivity index (χ0) is 27.4. The van der Waals surface area contributed by atoms with Crippen molar-refractivity contribution in [1.29, 1.82) is 0 Å². The van der Waals surface area contributed by atoms with Crippen molar-refractivity contribution in [2.24, 2.45) is 46.3 Å². The minimum absolute atomic E-state index is 0.179. The van der Waals surface area contributed by atoms with Crippen molar-refractivity contribution in [3.63, 3.8) is 0 Å². The fourth-order valence-electron chi connectivity index (χ4n) is 10.5. The summed E-state index contributed by atoms with van der Waals surface area (Å²) in [6, 6.07) is 1.83. The molecule has 4 saturated carbocycles. The zero-order valence-electron chi connectivity index (χ0n) is 24.3. The first-order valence-corrected chi connectivity index (χ1v) is 15.9. The van der Waals surface area contributed by atoms with E-state index in [2.05, 4.69) is 35.6 Å². The SMILES string of the molecule is C[C@H](CCC(=O)N1CCN(c2ncccn2)CC1)[C@H]1CC[C@H]2[C@@H]3[C@H](O)C[C@@H]4C[C@H](O)CC[C@]4(C)[C@H]3CC[C@]12C. The van der Waals surface area contributed by atoms with E-state index in [0.717, 1.165) is 64.2 Å². The second kappa shape index (κ2) is 10.6. The average molecular weight is 539 g/mol. The van der Waals surface area contributed by atoms with Gasteiger partial charge in [0, 0.05) is 45.0 Å². The summed E-state index contributed by atoms with van der Waals surface area (Å²) in [6.07, 6.45) is 13.5. The third-order valence-electron chi connectivity index (χ3n) is 12.7. The first kappa shape index (κ1) is 27.4. The molecule has 2 N–H and O–H groups in total. The molecular formula is C32H50N4O3. The molecule has 1 saturated heterocycles. The van der Waals surface area contributed by atoms with Gasteiger partial charge in [0.1, 0.15) is 0 Å². The number of aliphatic hydroxyl groups is 2. The van der Waals surface area contributed by atoms with Crippen LogP contribution >= 0.6 is 0 Å². The Hall–Kier alpha value is -1.73. The zero-order valence-corrected chi connectivity index (χ0v) is 24.3. The molecule has 1 aromatic rings. The molecule has 1 aliphatic heterocycles. The Morgan fingerprint density at radius 1 is 0.974 bits per heavy atom. The molecule has 1 aromatic heterocycles. The highest BCUT2D eigenvalue weighted by Crippen LogP contribution is 2.68. The maximum absolute atomic E-state index is 13.2. The molecule has 10 atom stereocenters. The molecule has 216 valence electrons. The van der Waals surface area contributed by atoms with Gasteiger partial charge in [0.25, 0.3) is 0 Å². The van der Waals surface area contributed by atoms with E-state index in [1.165, 1.54) is 25.7 Å². The molecule has 0 bridgehead atoms. The fourth-order valence-corrected chi connectivity index (χ4v) is 10.5. The number of nitrogens with zero attached hydrogens (tertiary/aromatic N) is 4. The summed E-state index contributed by atoms with van der Waals surface area (Å²) in [7, 11) is 0. The molecule has 39 heavy (non-hydrogen) atoms. The van der Waals surface area contributed by atoms with Crippen LogP contribution in [0.15, 0.2) is 18.5 Å². The number of anilines is 1. The van der Waals surface area contributed by atoms with Crippen LogP contribution in [0.5, 0.6) is 0 Å². The normalized spacial score (nSPS) is 42.8. The van der Waals surface area contributed by atoms with Gasteiger partial charge in [0.05, 0.1) is 12.2 Å². The van der Waals surface area contributed by atoms with Crippen molar-refractivity contribution < 1.29 is 15.0 Å². The number of aromatic nitrogens is 2. The van der Waals surface area contributed by atoms with E-state index in [-0.39, 0.29) is 23.0 Å². The van der Waals surface area contributed by atoms with E-state index < -0.39 is 0 Å². The lowest BCUT2D eigenvalue weighted by atomic mass is 9.43. The molecule has 2 heterocycles. The van der Waals surface area contributed by atoms with E-state index >= 15 is 0 Å².